The van der Waals surface area contributed by atoms with Gasteiger partial charge in [-0.25, -0.2) is 9.59 Å². The lowest BCUT2D eigenvalue weighted by Crippen LogP contribution is -2.20. The standard InChI is InChI=1S/C8H15NO2.C7H16O2.C5H8O2.C3F6/c1-7(2)8(10)11-6-5-9(3)4;1-3-4-5-9-6-7(2)8;1-4(2)5(6)7-3;4-1(2(5)6)3(7,8)9/h1,5-6H2,2-4H3;7-8H,3-6H2,1-2H3;1H2,2-3H3;. The molecule has 214 valence electrons. The Balaban J connectivity index is -0.000000192. The second kappa shape index (κ2) is 24.3. The van der Waals surface area contributed by atoms with Crippen LogP contribution in [-0.4, -0.2) is 81.8 Å². The summed E-state index contributed by atoms with van der Waals surface area (Å²) in [7, 11) is 5.18. The third-order valence-corrected chi connectivity index (χ3v) is 3.07. The fourth-order valence-corrected chi connectivity index (χ4v) is 1.23. The Bertz CT molecular complexity index is 660. The van der Waals surface area contributed by atoms with Crippen LogP contribution in [0, 0.1) is 0 Å². The highest BCUT2D eigenvalue weighted by molar-refractivity contribution is 5.87. The number of ether oxygens (including phenoxy) is 3. The first-order chi connectivity index (χ1) is 16.3. The van der Waals surface area contributed by atoms with Gasteiger partial charge in [-0.15, -0.1) is 0 Å². The molecule has 7 nitrogen and oxygen atoms in total. The van der Waals surface area contributed by atoms with Crippen LogP contribution in [0.2, 0.25) is 0 Å². The molecule has 0 spiro atoms. The SMILES string of the molecule is C=C(C)C(=O)OC.C=C(C)C(=O)OCCN(C)C.CCCCOCC(C)O.FC(F)=C(F)C(F)(F)F. The Morgan fingerprint density at radius 1 is 1.00 bits per heavy atom. The average Bonchev–Trinajstić information content (AvgIpc) is 2.75. The Kier molecular flexibility index (Phi) is 27.5. The van der Waals surface area contributed by atoms with Crippen LogP contribution in [-0.2, 0) is 23.8 Å². The molecule has 13 heteroatoms. The third-order valence-electron chi connectivity index (χ3n) is 3.07. The van der Waals surface area contributed by atoms with Crippen LogP contribution in [0.1, 0.15) is 40.5 Å². The van der Waals surface area contributed by atoms with E-state index in [4.69, 9.17) is 14.6 Å². The maximum atomic E-state index is 11.0. The highest BCUT2D eigenvalue weighted by Gasteiger charge is 2.38. The number of rotatable bonds is 10. The molecule has 1 N–H and O–H groups in total. The number of alkyl halides is 3. The van der Waals surface area contributed by atoms with Crippen LogP contribution in [0.15, 0.2) is 36.2 Å². The molecule has 0 aliphatic heterocycles. The summed E-state index contributed by atoms with van der Waals surface area (Å²) in [6.07, 6.45) is -6.98. The summed E-state index contributed by atoms with van der Waals surface area (Å²) in [5.74, 6) is -3.99. The van der Waals surface area contributed by atoms with Crippen LogP contribution in [0.5, 0.6) is 0 Å². The summed E-state index contributed by atoms with van der Waals surface area (Å²) in [5.41, 5.74) is 0.881. The molecule has 0 aromatic heterocycles. The van der Waals surface area contributed by atoms with Gasteiger partial charge >= 0.3 is 24.2 Å². The zero-order valence-electron chi connectivity index (χ0n) is 21.9. The number of carbonyl (C=O) groups is 2. The summed E-state index contributed by atoms with van der Waals surface area (Å²) in [6.45, 7) is 16.3. The smallest absolute Gasteiger partial charge is 0.448 e. The van der Waals surface area contributed by atoms with Gasteiger partial charge in [0, 0.05) is 24.3 Å². The van der Waals surface area contributed by atoms with Gasteiger partial charge in [0.15, 0.2) is 0 Å². The van der Waals surface area contributed by atoms with E-state index >= 15 is 0 Å². The molecule has 0 aliphatic rings. The van der Waals surface area contributed by atoms with Crippen molar-refractivity contribution in [1.82, 2.24) is 4.90 Å². The van der Waals surface area contributed by atoms with E-state index in [1.54, 1.807) is 20.8 Å². The Labute approximate surface area is 209 Å². The first-order valence-corrected chi connectivity index (χ1v) is 10.6. The summed E-state index contributed by atoms with van der Waals surface area (Å²) in [5, 5.41) is 8.73. The number of hydrogen-bond acceptors (Lipinski definition) is 7. The number of nitrogens with zero attached hydrogens (tertiary/aromatic N) is 1. The number of aliphatic hydroxyl groups excluding tert-OH is 1. The average molecular weight is 540 g/mol. The lowest BCUT2D eigenvalue weighted by Gasteiger charge is -2.09. The van der Waals surface area contributed by atoms with E-state index in [9.17, 15) is 35.9 Å². The predicted octanol–water partition coefficient (Wildman–Crippen LogP) is 5.21. The van der Waals surface area contributed by atoms with Gasteiger partial charge in [0.2, 0.25) is 0 Å². The maximum Gasteiger partial charge on any atom is 0.448 e. The summed E-state index contributed by atoms with van der Waals surface area (Å²) < 4.78 is 79.0. The van der Waals surface area contributed by atoms with E-state index in [0.29, 0.717) is 24.4 Å². The van der Waals surface area contributed by atoms with Crippen molar-refractivity contribution in [3.63, 3.8) is 0 Å². The highest BCUT2D eigenvalue weighted by atomic mass is 19.4. The Morgan fingerprint density at radius 2 is 1.47 bits per heavy atom. The fourth-order valence-electron chi connectivity index (χ4n) is 1.23. The van der Waals surface area contributed by atoms with Gasteiger partial charge in [-0.05, 0) is 41.3 Å². The van der Waals surface area contributed by atoms with Crippen LogP contribution in [0.25, 0.3) is 0 Å². The van der Waals surface area contributed by atoms with Crippen molar-refractivity contribution in [3.05, 3.63) is 36.2 Å². The van der Waals surface area contributed by atoms with Gasteiger partial charge in [0.05, 0.1) is 19.8 Å². The molecule has 0 bridgehead atoms. The molecule has 0 saturated heterocycles. The number of carbonyl (C=O) groups excluding carboxylic acids is 2. The minimum Gasteiger partial charge on any atom is -0.466 e. The second-order valence-corrected chi connectivity index (χ2v) is 7.34. The Morgan fingerprint density at radius 3 is 1.69 bits per heavy atom. The molecule has 1 unspecified atom stereocenters. The van der Waals surface area contributed by atoms with E-state index < -0.39 is 18.1 Å². The van der Waals surface area contributed by atoms with Crippen molar-refractivity contribution in [3.8, 4) is 0 Å². The zero-order chi connectivity index (χ0) is 29.5. The number of unbranched alkanes of at least 4 members (excludes halogenated alkanes) is 1. The third kappa shape index (κ3) is 33.8. The summed E-state index contributed by atoms with van der Waals surface area (Å²) in [4.78, 5) is 22.9. The fraction of sp³-hybridized carbons (Fsp3) is 0.652. The lowest BCUT2D eigenvalue weighted by atomic mass is 10.4. The molecule has 0 heterocycles. The largest absolute Gasteiger partial charge is 0.466 e. The van der Waals surface area contributed by atoms with Crippen molar-refractivity contribution in [2.24, 2.45) is 0 Å². The molecule has 1 atom stereocenters. The van der Waals surface area contributed by atoms with E-state index in [1.807, 2.05) is 19.0 Å². The first kappa shape index (κ1) is 40.8. The van der Waals surface area contributed by atoms with E-state index in [-0.39, 0.29) is 18.0 Å². The lowest BCUT2D eigenvalue weighted by molar-refractivity contribution is -0.139. The predicted molar refractivity (Wildman–Crippen MR) is 125 cm³/mol. The number of allylic oxidation sites excluding steroid dienone is 1. The van der Waals surface area contributed by atoms with E-state index in [0.717, 1.165) is 26.0 Å². The molecule has 0 amide bonds. The minimum absolute atomic E-state index is 0.313. The first-order valence-electron chi connectivity index (χ1n) is 10.6. The molecule has 0 fully saturated rings. The normalized spacial score (nSPS) is 10.8. The van der Waals surface area contributed by atoms with Crippen LogP contribution >= 0.6 is 0 Å². The van der Waals surface area contributed by atoms with Gasteiger partial charge in [-0.2, -0.15) is 26.3 Å². The van der Waals surface area contributed by atoms with Crippen molar-refractivity contribution >= 4 is 11.9 Å². The van der Waals surface area contributed by atoms with E-state index in [1.165, 1.54) is 7.11 Å². The summed E-state index contributed by atoms with van der Waals surface area (Å²) in [6, 6.07) is 0. The van der Waals surface area contributed by atoms with Crippen LogP contribution in [0.4, 0.5) is 26.3 Å². The number of hydrogen-bond donors (Lipinski definition) is 1. The molecule has 0 aromatic rings. The molecule has 0 aliphatic carbocycles. The minimum atomic E-state index is -5.56. The Hall–Kier alpha value is -2.38. The van der Waals surface area contributed by atoms with Crippen molar-refractivity contribution in [2.75, 3.05) is 47.6 Å². The van der Waals surface area contributed by atoms with E-state index in [2.05, 4.69) is 24.8 Å². The highest BCUT2D eigenvalue weighted by Crippen LogP contribution is 2.29. The molecule has 0 aromatic carbocycles. The van der Waals surface area contributed by atoms with Gasteiger partial charge < -0.3 is 24.2 Å². The maximum absolute atomic E-state index is 11.0. The molecule has 36 heavy (non-hydrogen) atoms. The zero-order valence-corrected chi connectivity index (χ0v) is 21.9. The number of esters is 2. The van der Waals surface area contributed by atoms with Crippen molar-refractivity contribution in [2.45, 2.75) is 52.8 Å². The molecular weight excluding hydrogens is 500 g/mol. The van der Waals surface area contributed by atoms with Crippen molar-refractivity contribution < 1.29 is 55.2 Å². The van der Waals surface area contributed by atoms with Gasteiger partial charge in [0.25, 0.3) is 5.83 Å². The second-order valence-electron chi connectivity index (χ2n) is 7.34. The van der Waals surface area contributed by atoms with Gasteiger partial charge in [0.1, 0.15) is 6.61 Å². The van der Waals surface area contributed by atoms with Crippen LogP contribution in [0.3, 0.4) is 0 Å². The molecular formula is C23H39F6NO6. The quantitative estimate of drug-likeness (QED) is 0.177. The molecule has 0 saturated carbocycles. The van der Waals surface area contributed by atoms with Crippen LogP contribution < -0.4 is 0 Å². The summed E-state index contributed by atoms with van der Waals surface area (Å²) >= 11 is 0. The number of aliphatic hydroxyl groups is 1. The van der Waals surface area contributed by atoms with Gasteiger partial charge in [-0.1, -0.05) is 26.5 Å². The topological polar surface area (TPSA) is 85.3 Å². The monoisotopic (exact) mass is 539 g/mol. The van der Waals surface area contributed by atoms with Crippen molar-refractivity contribution in [1.29, 1.82) is 0 Å². The number of methoxy groups -OCH3 is 1. The number of likely N-dealkylation sites (N-methyl/N-ethyl adjacent to an activating group) is 1. The molecule has 0 radical (unpaired) electrons. The number of halogens is 6. The molecule has 0 rings (SSSR count). The van der Waals surface area contributed by atoms with Gasteiger partial charge in [-0.3, -0.25) is 0 Å².